The average molecular weight is 327 g/mol. The van der Waals surface area contributed by atoms with E-state index in [0.29, 0.717) is 21.7 Å². The molecule has 0 spiro atoms. The van der Waals surface area contributed by atoms with Gasteiger partial charge in [0.2, 0.25) is 0 Å². The number of Topliss-reactive ketones (excluding diaryl/α,β-unsaturated/α-hetero) is 2. The average Bonchev–Trinajstić information content (AvgIpc) is 2.54. The van der Waals surface area contributed by atoms with Crippen molar-refractivity contribution in [1.82, 2.24) is 0 Å². The number of benzene rings is 2. The number of carbonyl (C=O) groups is 2. The summed E-state index contributed by atoms with van der Waals surface area (Å²) in [7, 11) is 0. The molecule has 0 aliphatic carbocycles. The number of hydrogen-bond acceptors (Lipinski definition) is 3. The first-order valence-corrected chi connectivity index (χ1v) is 7.28. The number of carbonyl (C=O) groups excluding carboxylic acids is 2. The minimum Gasteiger partial charge on any atom is -0.507 e. The zero-order valence-electron chi connectivity index (χ0n) is 12.4. The molecular formula is C19H15ClO3. The lowest BCUT2D eigenvalue weighted by Gasteiger charge is -2.09. The molecule has 3 nitrogen and oxygen atoms in total. The molecule has 4 heteroatoms. The van der Waals surface area contributed by atoms with Crippen molar-refractivity contribution < 1.29 is 14.7 Å². The van der Waals surface area contributed by atoms with E-state index in [-0.39, 0.29) is 23.5 Å². The topological polar surface area (TPSA) is 54.4 Å². The van der Waals surface area contributed by atoms with Crippen molar-refractivity contribution in [3.63, 3.8) is 0 Å². The first-order chi connectivity index (χ1) is 11.0. The Hall–Kier alpha value is -2.65. The number of phenols is 1. The van der Waals surface area contributed by atoms with Gasteiger partial charge in [0.05, 0.1) is 12.0 Å². The highest BCUT2D eigenvalue weighted by atomic mass is 35.5. The Morgan fingerprint density at radius 2 is 1.65 bits per heavy atom. The molecule has 0 unspecified atom stereocenters. The minimum absolute atomic E-state index is 0.0906. The summed E-state index contributed by atoms with van der Waals surface area (Å²) in [5, 5.41) is 10.7. The van der Waals surface area contributed by atoms with E-state index in [4.69, 9.17) is 11.6 Å². The maximum absolute atomic E-state index is 12.3. The quantitative estimate of drug-likeness (QED) is 0.613. The molecule has 2 aromatic carbocycles. The molecular weight excluding hydrogens is 312 g/mol. The van der Waals surface area contributed by atoms with Crippen LogP contribution in [0.4, 0.5) is 0 Å². The smallest absolute Gasteiger partial charge is 0.174 e. The van der Waals surface area contributed by atoms with Crippen molar-refractivity contribution in [1.29, 1.82) is 0 Å². The third-order valence-corrected chi connectivity index (χ3v) is 3.71. The molecule has 0 bridgehead atoms. The summed E-state index contributed by atoms with van der Waals surface area (Å²) in [6, 6.07) is 9.44. The molecule has 0 saturated carbocycles. The summed E-state index contributed by atoms with van der Waals surface area (Å²) in [4.78, 5) is 24.5. The first kappa shape index (κ1) is 16.7. The van der Waals surface area contributed by atoms with Gasteiger partial charge in [-0.1, -0.05) is 43.0 Å². The third kappa shape index (κ3) is 3.58. The molecule has 23 heavy (non-hydrogen) atoms. The second-order valence-corrected chi connectivity index (χ2v) is 5.34. The molecule has 2 aromatic rings. The Morgan fingerprint density at radius 3 is 2.22 bits per heavy atom. The van der Waals surface area contributed by atoms with Crippen LogP contribution >= 0.6 is 11.6 Å². The standard InChI is InChI=1S/C19H15ClO3/c1-3-12-7-10-16(19(23)15(12)4-2)18(22)11-17(21)13-5-8-14(20)9-6-13/h3-10,23H,1-2,11H2. The minimum atomic E-state index is -0.457. The molecule has 0 saturated heterocycles. The summed E-state index contributed by atoms with van der Waals surface area (Å²) in [6.45, 7) is 7.26. The van der Waals surface area contributed by atoms with Gasteiger partial charge < -0.3 is 5.11 Å². The molecule has 0 amide bonds. The highest BCUT2D eigenvalue weighted by Crippen LogP contribution is 2.29. The summed E-state index contributed by atoms with van der Waals surface area (Å²) >= 11 is 5.77. The van der Waals surface area contributed by atoms with E-state index in [0.717, 1.165) is 0 Å². The number of phenolic OH excluding ortho intramolecular Hbond substituents is 1. The van der Waals surface area contributed by atoms with Crippen molar-refractivity contribution in [3.05, 3.63) is 76.8 Å². The van der Waals surface area contributed by atoms with E-state index in [2.05, 4.69) is 13.2 Å². The Kier molecular flexibility index (Phi) is 5.14. The fraction of sp³-hybridized carbons (Fsp3) is 0.0526. The number of halogens is 1. The second kappa shape index (κ2) is 7.07. The maximum atomic E-state index is 12.3. The monoisotopic (exact) mass is 326 g/mol. The normalized spacial score (nSPS) is 10.1. The first-order valence-electron chi connectivity index (χ1n) is 6.90. The Balaban J connectivity index is 2.27. The number of hydrogen-bond donors (Lipinski definition) is 1. The summed E-state index contributed by atoms with van der Waals surface area (Å²) < 4.78 is 0. The van der Waals surface area contributed by atoms with Gasteiger partial charge in [-0.3, -0.25) is 9.59 Å². The summed E-state index contributed by atoms with van der Waals surface area (Å²) in [5.41, 5.74) is 1.57. The number of aromatic hydroxyl groups is 1. The maximum Gasteiger partial charge on any atom is 0.174 e. The van der Waals surface area contributed by atoms with Crippen LogP contribution in [0.1, 0.15) is 38.3 Å². The Bertz CT molecular complexity index is 789. The highest BCUT2D eigenvalue weighted by Gasteiger charge is 2.19. The van der Waals surface area contributed by atoms with Crippen LogP contribution in [0.25, 0.3) is 12.2 Å². The molecule has 0 aromatic heterocycles. The van der Waals surface area contributed by atoms with Crippen molar-refractivity contribution >= 4 is 35.3 Å². The second-order valence-electron chi connectivity index (χ2n) is 4.90. The molecule has 1 N–H and O–H groups in total. The van der Waals surface area contributed by atoms with Crippen LogP contribution < -0.4 is 0 Å². The fourth-order valence-corrected chi connectivity index (χ4v) is 2.35. The Morgan fingerprint density at radius 1 is 1.00 bits per heavy atom. The van der Waals surface area contributed by atoms with E-state index in [1.54, 1.807) is 36.4 Å². The predicted molar refractivity (Wildman–Crippen MR) is 93.0 cm³/mol. The number of ketones is 2. The van der Waals surface area contributed by atoms with Crippen molar-refractivity contribution in [2.24, 2.45) is 0 Å². The molecule has 0 heterocycles. The van der Waals surface area contributed by atoms with Gasteiger partial charge in [0.1, 0.15) is 5.75 Å². The predicted octanol–water partition coefficient (Wildman–Crippen LogP) is 4.79. The lowest BCUT2D eigenvalue weighted by Crippen LogP contribution is -2.09. The Labute approximate surface area is 139 Å². The molecule has 0 atom stereocenters. The van der Waals surface area contributed by atoms with Crippen LogP contribution in [0.3, 0.4) is 0 Å². The van der Waals surface area contributed by atoms with Crippen LogP contribution in [-0.2, 0) is 0 Å². The van der Waals surface area contributed by atoms with Gasteiger partial charge in [-0.15, -0.1) is 0 Å². The summed E-state index contributed by atoms with van der Waals surface area (Å²) in [5.74, 6) is -0.980. The van der Waals surface area contributed by atoms with Crippen molar-refractivity contribution in [3.8, 4) is 5.75 Å². The van der Waals surface area contributed by atoms with Gasteiger partial charge in [0.15, 0.2) is 11.6 Å². The van der Waals surface area contributed by atoms with Crippen LogP contribution in [0.15, 0.2) is 49.6 Å². The summed E-state index contributed by atoms with van der Waals surface area (Å²) in [6.07, 6.45) is 2.67. The van der Waals surface area contributed by atoms with Crippen LogP contribution in [0.5, 0.6) is 5.75 Å². The molecule has 0 aliphatic rings. The van der Waals surface area contributed by atoms with Gasteiger partial charge in [0, 0.05) is 16.1 Å². The van der Waals surface area contributed by atoms with Gasteiger partial charge in [-0.25, -0.2) is 0 Å². The SMILES string of the molecule is C=Cc1ccc(C(=O)CC(=O)c2ccc(Cl)cc2)c(O)c1C=C. The van der Waals surface area contributed by atoms with E-state index in [9.17, 15) is 14.7 Å². The number of rotatable bonds is 6. The zero-order chi connectivity index (χ0) is 17.0. The van der Waals surface area contributed by atoms with Crippen molar-refractivity contribution in [2.75, 3.05) is 0 Å². The highest BCUT2D eigenvalue weighted by molar-refractivity contribution is 6.30. The van der Waals surface area contributed by atoms with Gasteiger partial charge in [-0.2, -0.15) is 0 Å². The third-order valence-electron chi connectivity index (χ3n) is 3.46. The largest absolute Gasteiger partial charge is 0.507 e. The molecule has 0 fully saturated rings. The zero-order valence-corrected chi connectivity index (χ0v) is 13.1. The lowest BCUT2D eigenvalue weighted by molar-refractivity contribution is 0.0893. The van der Waals surface area contributed by atoms with Gasteiger partial charge in [-0.05, 0) is 35.9 Å². The van der Waals surface area contributed by atoms with Gasteiger partial charge >= 0.3 is 0 Å². The molecule has 116 valence electrons. The molecule has 2 rings (SSSR count). The van der Waals surface area contributed by atoms with E-state index < -0.39 is 5.78 Å². The van der Waals surface area contributed by atoms with Crippen LogP contribution in [0, 0.1) is 0 Å². The van der Waals surface area contributed by atoms with E-state index >= 15 is 0 Å². The van der Waals surface area contributed by atoms with Crippen LogP contribution in [-0.4, -0.2) is 16.7 Å². The van der Waals surface area contributed by atoms with Crippen LogP contribution in [0.2, 0.25) is 5.02 Å². The van der Waals surface area contributed by atoms with E-state index in [1.165, 1.54) is 12.1 Å². The molecule has 0 aliphatic heterocycles. The molecule has 0 radical (unpaired) electrons. The van der Waals surface area contributed by atoms with E-state index in [1.807, 2.05) is 0 Å². The lowest BCUT2D eigenvalue weighted by atomic mass is 9.96. The fourth-order valence-electron chi connectivity index (χ4n) is 2.22. The van der Waals surface area contributed by atoms with Gasteiger partial charge in [0.25, 0.3) is 0 Å². The van der Waals surface area contributed by atoms with Crippen molar-refractivity contribution in [2.45, 2.75) is 6.42 Å².